The number of nitrogen functional groups attached to an aromatic ring is 1. The summed E-state index contributed by atoms with van der Waals surface area (Å²) in [4.78, 5) is 28.4. The molecule has 14 heteroatoms. The number of fused-ring (bicyclic) bond motifs is 2. The topological polar surface area (TPSA) is 163 Å². The van der Waals surface area contributed by atoms with Crippen LogP contribution in [0.1, 0.15) is 57.4 Å². The molecule has 0 radical (unpaired) electrons. The lowest BCUT2D eigenvalue weighted by atomic mass is 10.1. The molecule has 0 bridgehead atoms. The molecule has 6 heterocycles. The Morgan fingerprint density at radius 1 is 0.931 bits per heavy atom. The van der Waals surface area contributed by atoms with Gasteiger partial charge in [0.15, 0.2) is 17.8 Å². The van der Waals surface area contributed by atoms with Gasteiger partial charge in [0.05, 0.1) is 62.4 Å². The largest absolute Gasteiger partial charge is 0.497 e. The Bertz CT molecular complexity index is 2650. The number of aromatic nitrogens is 6. The van der Waals surface area contributed by atoms with Crippen LogP contribution in [-0.2, 0) is 27.2 Å². The number of ether oxygens (including phenoxy) is 5. The lowest BCUT2D eigenvalue weighted by molar-refractivity contribution is -0.0459. The summed E-state index contributed by atoms with van der Waals surface area (Å²) in [5.74, 6) is 2.18. The Morgan fingerprint density at radius 2 is 1.79 bits per heavy atom. The molecule has 1 atom stereocenters. The Labute approximate surface area is 333 Å². The highest BCUT2D eigenvalue weighted by Crippen LogP contribution is 2.38. The van der Waals surface area contributed by atoms with E-state index in [1.807, 2.05) is 82.2 Å². The molecule has 7 aromatic rings. The van der Waals surface area contributed by atoms with Crippen molar-refractivity contribution in [1.82, 2.24) is 34.6 Å². The summed E-state index contributed by atoms with van der Waals surface area (Å²) in [5.41, 5.74) is 15.2. The molecule has 10 rings (SSSR count). The first-order chi connectivity index (χ1) is 28.5. The molecule has 2 aliphatic heterocycles. The van der Waals surface area contributed by atoms with Gasteiger partial charge in [-0.15, -0.1) is 0 Å². The average Bonchev–Trinajstić information content (AvgIpc) is 4.07. The van der Waals surface area contributed by atoms with Crippen LogP contribution in [0.2, 0.25) is 0 Å². The third kappa shape index (κ3) is 6.70. The van der Waals surface area contributed by atoms with Crippen LogP contribution in [0, 0.1) is 0 Å². The molecular weight excluding hydrogens is 737 g/mol. The number of carbonyl (C=O) groups is 1. The summed E-state index contributed by atoms with van der Waals surface area (Å²) in [6, 6.07) is 29.1. The number of rotatable bonds is 11. The number of hydrogen-bond acceptors (Lipinski definition) is 11. The van der Waals surface area contributed by atoms with Crippen molar-refractivity contribution in [1.29, 1.82) is 0 Å². The van der Waals surface area contributed by atoms with Crippen LogP contribution in [0.15, 0.2) is 103 Å². The number of aryl methyl sites for hydroxylation is 1. The summed E-state index contributed by atoms with van der Waals surface area (Å²) in [5, 5.41) is 8.09. The Kier molecular flexibility index (Phi) is 9.28. The number of carbonyl (C=O) groups excluding carboxylic acids is 1. The summed E-state index contributed by atoms with van der Waals surface area (Å²) in [6.07, 6.45) is 4.54. The molecular formula is C44H40N8O6. The SMILES string of the molecule is COc1ccc(COc2ccc(C(=O)N[C@H]3CCc4cc(-n5c(-c6cccnc6N)nc6ccc(-c7ccn(C8COC8)n7)nc65)ccc43)cc2C2OCCO2)cc1. The van der Waals surface area contributed by atoms with Crippen LogP contribution in [-0.4, -0.2) is 68.7 Å². The maximum Gasteiger partial charge on any atom is 0.251 e. The van der Waals surface area contributed by atoms with Crippen LogP contribution in [0.25, 0.3) is 39.6 Å². The third-order valence-electron chi connectivity index (χ3n) is 10.9. The van der Waals surface area contributed by atoms with E-state index < -0.39 is 6.29 Å². The van der Waals surface area contributed by atoms with Crippen molar-refractivity contribution in [3.8, 4) is 40.0 Å². The number of amides is 1. The molecule has 2 fully saturated rings. The standard InChI is InChI=1S/C44H40N8O6/c1-54-31-9-4-26(5-10-31)23-58-39-15-7-28(22-34(39)44-56-19-20-57-44)43(53)49-35-12-6-27-21-29(8-11-32(27)35)52-41(33-3-2-17-46-40(33)45)48-38-14-13-36(47-42(38)52)37-16-18-51(50-37)30-24-55-25-30/h2-5,7-11,13-18,21-22,30,35,44H,6,12,19-20,23-25H2,1H3,(H2,45,46)(H,49,53)/t35-/m0/s1. The van der Waals surface area contributed by atoms with Gasteiger partial charge in [-0.2, -0.15) is 5.10 Å². The fourth-order valence-corrected chi connectivity index (χ4v) is 7.75. The van der Waals surface area contributed by atoms with E-state index in [1.165, 1.54) is 0 Å². The Balaban J connectivity index is 0.931. The zero-order valence-corrected chi connectivity index (χ0v) is 31.7. The molecule has 1 amide bonds. The van der Waals surface area contributed by atoms with Crippen LogP contribution < -0.4 is 20.5 Å². The van der Waals surface area contributed by atoms with Gasteiger partial charge in [-0.1, -0.05) is 18.2 Å². The molecule has 292 valence electrons. The van der Waals surface area contributed by atoms with Gasteiger partial charge in [-0.05, 0) is 102 Å². The fraction of sp³-hybridized carbons (Fsp3) is 0.250. The number of pyridine rings is 2. The number of hydrogen-bond donors (Lipinski definition) is 2. The van der Waals surface area contributed by atoms with E-state index >= 15 is 0 Å². The molecule has 4 aromatic heterocycles. The van der Waals surface area contributed by atoms with E-state index in [0.717, 1.165) is 52.4 Å². The van der Waals surface area contributed by atoms with Crippen molar-refractivity contribution in [2.45, 2.75) is 37.8 Å². The van der Waals surface area contributed by atoms with Crippen molar-refractivity contribution < 1.29 is 28.5 Å². The molecule has 58 heavy (non-hydrogen) atoms. The Morgan fingerprint density at radius 3 is 2.59 bits per heavy atom. The minimum Gasteiger partial charge on any atom is -0.497 e. The highest BCUT2D eigenvalue weighted by atomic mass is 16.7. The van der Waals surface area contributed by atoms with Gasteiger partial charge in [-0.3, -0.25) is 14.0 Å². The fourth-order valence-electron chi connectivity index (χ4n) is 7.75. The van der Waals surface area contributed by atoms with Gasteiger partial charge < -0.3 is 34.7 Å². The predicted octanol–water partition coefficient (Wildman–Crippen LogP) is 6.55. The molecule has 3 aromatic carbocycles. The number of nitrogens with one attached hydrogen (secondary N) is 1. The number of nitrogens with two attached hydrogens (primary N) is 1. The minimum absolute atomic E-state index is 0.182. The van der Waals surface area contributed by atoms with Crippen LogP contribution >= 0.6 is 0 Å². The number of methoxy groups -OCH3 is 1. The first-order valence-corrected chi connectivity index (χ1v) is 19.3. The average molecular weight is 777 g/mol. The van der Waals surface area contributed by atoms with Crippen LogP contribution in [0.5, 0.6) is 11.5 Å². The summed E-state index contributed by atoms with van der Waals surface area (Å²) < 4.78 is 32.5. The molecule has 3 aliphatic rings. The number of imidazole rings is 1. The lowest BCUT2D eigenvalue weighted by Crippen LogP contribution is -2.30. The second-order valence-corrected chi connectivity index (χ2v) is 14.5. The zero-order chi connectivity index (χ0) is 39.2. The summed E-state index contributed by atoms with van der Waals surface area (Å²) in [7, 11) is 1.64. The van der Waals surface area contributed by atoms with Gasteiger partial charge >= 0.3 is 0 Å². The molecule has 14 nitrogen and oxygen atoms in total. The van der Waals surface area contributed by atoms with E-state index in [2.05, 4.69) is 22.4 Å². The normalized spacial score (nSPS) is 16.7. The van der Waals surface area contributed by atoms with Gasteiger partial charge in [0.1, 0.15) is 35.1 Å². The lowest BCUT2D eigenvalue weighted by Gasteiger charge is -2.25. The maximum absolute atomic E-state index is 13.9. The molecule has 0 unspecified atom stereocenters. The molecule has 1 aliphatic carbocycles. The molecule has 0 saturated carbocycles. The van der Waals surface area contributed by atoms with Gasteiger partial charge in [0.25, 0.3) is 5.91 Å². The zero-order valence-electron chi connectivity index (χ0n) is 31.7. The van der Waals surface area contributed by atoms with Crippen molar-refractivity contribution in [3.63, 3.8) is 0 Å². The number of anilines is 1. The quantitative estimate of drug-likeness (QED) is 0.147. The highest BCUT2D eigenvalue weighted by Gasteiger charge is 2.29. The van der Waals surface area contributed by atoms with Crippen LogP contribution in [0.4, 0.5) is 5.82 Å². The first-order valence-electron chi connectivity index (χ1n) is 19.3. The van der Waals surface area contributed by atoms with Crippen molar-refractivity contribution in [3.05, 3.63) is 131 Å². The second-order valence-electron chi connectivity index (χ2n) is 14.5. The monoisotopic (exact) mass is 776 g/mol. The Hall–Kier alpha value is -6.61. The van der Waals surface area contributed by atoms with Crippen molar-refractivity contribution >= 4 is 22.9 Å². The smallest absolute Gasteiger partial charge is 0.251 e. The van der Waals surface area contributed by atoms with Crippen molar-refractivity contribution in [2.75, 3.05) is 39.3 Å². The predicted molar refractivity (Wildman–Crippen MR) is 215 cm³/mol. The second kappa shape index (κ2) is 15.0. The maximum atomic E-state index is 13.9. The van der Waals surface area contributed by atoms with E-state index in [4.69, 9.17) is 44.5 Å². The number of benzene rings is 3. The first kappa shape index (κ1) is 35.8. The van der Waals surface area contributed by atoms with E-state index in [9.17, 15) is 4.79 Å². The van der Waals surface area contributed by atoms with E-state index in [0.29, 0.717) is 78.3 Å². The van der Waals surface area contributed by atoms with E-state index in [1.54, 1.807) is 25.4 Å². The number of nitrogens with zero attached hydrogens (tertiary/aromatic N) is 6. The van der Waals surface area contributed by atoms with Crippen LogP contribution in [0.3, 0.4) is 0 Å². The van der Waals surface area contributed by atoms with Gasteiger partial charge in [0, 0.05) is 23.6 Å². The summed E-state index contributed by atoms with van der Waals surface area (Å²) in [6.45, 7) is 2.57. The summed E-state index contributed by atoms with van der Waals surface area (Å²) >= 11 is 0. The van der Waals surface area contributed by atoms with Gasteiger partial charge in [-0.25, -0.2) is 15.0 Å². The molecule has 2 saturated heterocycles. The minimum atomic E-state index is -0.624. The highest BCUT2D eigenvalue weighted by molar-refractivity contribution is 5.95. The third-order valence-corrected chi connectivity index (χ3v) is 10.9. The van der Waals surface area contributed by atoms with Gasteiger partial charge in [0.2, 0.25) is 0 Å². The van der Waals surface area contributed by atoms with Crippen molar-refractivity contribution in [2.24, 2.45) is 0 Å². The molecule has 3 N–H and O–H groups in total. The molecule has 0 spiro atoms. The van der Waals surface area contributed by atoms with E-state index in [-0.39, 0.29) is 18.0 Å².